The second-order valence-corrected chi connectivity index (χ2v) is 9.45. The summed E-state index contributed by atoms with van der Waals surface area (Å²) >= 11 is 6.28. The van der Waals surface area contributed by atoms with Gasteiger partial charge in [0, 0.05) is 26.2 Å². The monoisotopic (exact) mass is 404 g/mol. The second-order valence-electron chi connectivity index (χ2n) is 6.96. The lowest BCUT2D eigenvalue weighted by atomic mass is 9.94. The lowest BCUT2D eigenvalue weighted by Gasteiger charge is -2.38. The largest absolute Gasteiger partial charge is 0.367 e. The third-order valence-corrected chi connectivity index (χ3v) is 7.52. The van der Waals surface area contributed by atoms with Gasteiger partial charge in [-0.2, -0.15) is 0 Å². The van der Waals surface area contributed by atoms with E-state index in [1.165, 1.54) is 0 Å². The molecular formula is C20H21ClN2O3S. The van der Waals surface area contributed by atoms with Gasteiger partial charge < -0.3 is 9.80 Å². The molecule has 0 spiro atoms. The Morgan fingerprint density at radius 3 is 2.37 bits per heavy atom. The van der Waals surface area contributed by atoms with Gasteiger partial charge in [-0.15, -0.1) is 0 Å². The minimum Gasteiger partial charge on any atom is -0.367 e. The van der Waals surface area contributed by atoms with Crippen molar-refractivity contribution in [2.24, 2.45) is 0 Å². The fourth-order valence-electron chi connectivity index (χ4n) is 3.94. The van der Waals surface area contributed by atoms with E-state index >= 15 is 0 Å². The van der Waals surface area contributed by atoms with Crippen LogP contribution in [0.25, 0.3) is 0 Å². The van der Waals surface area contributed by atoms with Crippen LogP contribution in [0.15, 0.2) is 53.4 Å². The number of benzene rings is 2. The van der Waals surface area contributed by atoms with Crippen LogP contribution in [0.2, 0.25) is 5.02 Å². The topological polar surface area (TPSA) is 57.7 Å². The van der Waals surface area contributed by atoms with E-state index in [1.807, 2.05) is 29.2 Å². The zero-order valence-electron chi connectivity index (χ0n) is 14.8. The van der Waals surface area contributed by atoms with Crippen LogP contribution in [0.5, 0.6) is 0 Å². The number of fused-ring (bicyclic) bond motifs is 1. The number of halogens is 1. The van der Waals surface area contributed by atoms with Crippen LogP contribution in [0.3, 0.4) is 0 Å². The summed E-state index contributed by atoms with van der Waals surface area (Å²) in [5, 5.41) is 0.712. The lowest BCUT2D eigenvalue weighted by Crippen LogP contribution is -2.50. The third-order valence-electron chi connectivity index (χ3n) is 5.39. The van der Waals surface area contributed by atoms with Crippen LogP contribution in [0.4, 0.5) is 5.69 Å². The van der Waals surface area contributed by atoms with Crippen LogP contribution in [0, 0.1) is 0 Å². The molecule has 0 radical (unpaired) electrons. The molecule has 2 aliphatic rings. The van der Waals surface area contributed by atoms with E-state index in [0.29, 0.717) is 48.1 Å². The van der Waals surface area contributed by atoms with Crippen LogP contribution >= 0.6 is 11.6 Å². The molecule has 1 unspecified atom stereocenters. The predicted molar refractivity (Wildman–Crippen MR) is 106 cm³/mol. The average molecular weight is 405 g/mol. The van der Waals surface area contributed by atoms with E-state index < -0.39 is 9.84 Å². The molecule has 1 saturated heterocycles. The molecule has 0 N–H and O–H groups in total. The molecule has 0 aliphatic carbocycles. The van der Waals surface area contributed by atoms with Crippen LogP contribution in [0.1, 0.15) is 17.9 Å². The molecule has 0 aromatic heterocycles. The molecule has 2 aromatic carbocycles. The number of carbonyl (C=O) groups is 1. The molecule has 5 nitrogen and oxygen atoms in total. The number of sulfone groups is 1. The van der Waals surface area contributed by atoms with E-state index in [2.05, 4.69) is 4.90 Å². The summed E-state index contributed by atoms with van der Waals surface area (Å²) in [6.07, 6.45) is 0.350. The number of hydrogen-bond donors (Lipinski definition) is 0. The number of anilines is 1. The highest BCUT2D eigenvalue weighted by Crippen LogP contribution is 2.35. The highest BCUT2D eigenvalue weighted by atomic mass is 35.5. The number of carbonyl (C=O) groups excluding carboxylic acids is 1. The fraction of sp³-hybridized carbons (Fsp3) is 0.350. The highest BCUT2D eigenvalue weighted by molar-refractivity contribution is 7.91. The Labute approximate surface area is 164 Å². The predicted octanol–water partition coefficient (Wildman–Crippen LogP) is 2.95. The van der Waals surface area contributed by atoms with E-state index in [-0.39, 0.29) is 17.6 Å². The molecule has 0 saturated carbocycles. The van der Waals surface area contributed by atoms with Crippen molar-refractivity contribution in [3.05, 3.63) is 59.1 Å². The smallest absolute Gasteiger partial charge is 0.230 e. The molecule has 4 rings (SSSR count). The third kappa shape index (κ3) is 3.44. The Morgan fingerprint density at radius 1 is 0.963 bits per heavy atom. The van der Waals surface area contributed by atoms with Crippen molar-refractivity contribution < 1.29 is 13.2 Å². The molecule has 142 valence electrons. The van der Waals surface area contributed by atoms with Crippen LogP contribution < -0.4 is 4.90 Å². The Morgan fingerprint density at radius 2 is 1.63 bits per heavy atom. The molecule has 1 fully saturated rings. The molecule has 27 heavy (non-hydrogen) atoms. The van der Waals surface area contributed by atoms with Crippen molar-refractivity contribution in [3.8, 4) is 0 Å². The first kappa shape index (κ1) is 18.3. The first-order valence-corrected chi connectivity index (χ1v) is 11.1. The van der Waals surface area contributed by atoms with Crippen molar-refractivity contribution in [2.75, 3.05) is 36.8 Å². The van der Waals surface area contributed by atoms with E-state index in [1.54, 1.807) is 24.3 Å². The summed E-state index contributed by atoms with van der Waals surface area (Å²) in [6, 6.07) is 14.6. The summed E-state index contributed by atoms with van der Waals surface area (Å²) in [5.41, 5.74) is 1.63. The van der Waals surface area contributed by atoms with E-state index in [9.17, 15) is 13.2 Å². The van der Waals surface area contributed by atoms with Crippen molar-refractivity contribution in [1.29, 1.82) is 0 Å². The minimum absolute atomic E-state index is 0.0242. The van der Waals surface area contributed by atoms with Gasteiger partial charge in [-0.3, -0.25) is 4.79 Å². The van der Waals surface area contributed by atoms with E-state index in [4.69, 9.17) is 11.6 Å². The number of piperazine rings is 1. The van der Waals surface area contributed by atoms with Gasteiger partial charge in [-0.1, -0.05) is 41.9 Å². The number of para-hydroxylation sites is 1. The van der Waals surface area contributed by atoms with Crippen molar-refractivity contribution in [1.82, 2.24) is 4.90 Å². The quantitative estimate of drug-likeness (QED) is 0.772. The Hall–Kier alpha value is -2.05. The standard InChI is InChI=1S/C20H21ClN2O3S/c21-17-6-2-3-7-18(17)22-10-12-23(13-11-22)20(24)16-9-14-27(25,26)19-8-4-1-5-15(16)19/h1-8,16H,9-14H2. The molecule has 1 atom stereocenters. The normalized spacial score (nSPS) is 21.6. The van der Waals surface area contributed by atoms with Gasteiger partial charge in [-0.05, 0) is 30.2 Å². The molecular weight excluding hydrogens is 384 g/mol. The summed E-state index contributed by atoms with van der Waals surface area (Å²) < 4.78 is 24.6. The maximum Gasteiger partial charge on any atom is 0.230 e. The van der Waals surface area contributed by atoms with Gasteiger partial charge in [0.1, 0.15) is 0 Å². The minimum atomic E-state index is -3.28. The van der Waals surface area contributed by atoms with Gasteiger partial charge in [0.25, 0.3) is 0 Å². The Bertz CT molecular complexity index is 969. The zero-order valence-corrected chi connectivity index (χ0v) is 16.4. The van der Waals surface area contributed by atoms with Gasteiger partial charge in [0.2, 0.25) is 5.91 Å². The Balaban J connectivity index is 1.50. The van der Waals surface area contributed by atoms with Crippen LogP contribution in [-0.2, 0) is 14.6 Å². The number of nitrogens with zero attached hydrogens (tertiary/aromatic N) is 2. The zero-order chi connectivity index (χ0) is 19.0. The Kier molecular flexibility index (Phi) is 4.86. The summed E-state index contributed by atoms with van der Waals surface area (Å²) in [7, 11) is -3.28. The molecule has 2 heterocycles. The maximum atomic E-state index is 13.1. The lowest BCUT2D eigenvalue weighted by molar-refractivity contribution is -0.133. The fourth-order valence-corrected chi connectivity index (χ4v) is 5.82. The van der Waals surface area contributed by atoms with Gasteiger partial charge in [0.05, 0.1) is 27.3 Å². The first-order valence-electron chi connectivity index (χ1n) is 9.07. The van der Waals surface area contributed by atoms with Crippen molar-refractivity contribution >= 4 is 33.0 Å². The van der Waals surface area contributed by atoms with Crippen molar-refractivity contribution in [3.63, 3.8) is 0 Å². The summed E-state index contributed by atoms with van der Waals surface area (Å²) in [5.74, 6) is -0.326. The van der Waals surface area contributed by atoms with E-state index in [0.717, 1.165) is 5.69 Å². The highest BCUT2D eigenvalue weighted by Gasteiger charge is 2.36. The van der Waals surface area contributed by atoms with Gasteiger partial charge in [-0.25, -0.2) is 8.42 Å². The summed E-state index contributed by atoms with van der Waals surface area (Å²) in [4.78, 5) is 17.5. The van der Waals surface area contributed by atoms with Gasteiger partial charge in [0.15, 0.2) is 9.84 Å². The summed E-state index contributed by atoms with van der Waals surface area (Å²) in [6.45, 7) is 2.63. The van der Waals surface area contributed by atoms with Crippen LogP contribution in [-0.4, -0.2) is 51.2 Å². The number of rotatable bonds is 2. The SMILES string of the molecule is O=C(C1CCS(=O)(=O)c2ccccc21)N1CCN(c2ccccc2Cl)CC1. The molecule has 2 aromatic rings. The maximum absolute atomic E-state index is 13.1. The average Bonchev–Trinajstić information content (AvgIpc) is 2.68. The number of amides is 1. The van der Waals surface area contributed by atoms with Gasteiger partial charge >= 0.3 is 0 Å². The molecule has 7 heteroatoms. The number of hydrogen-bond acceptors (Lipinski definition) is 4. The molecule has 2 aliphatic heterocycles. The van der Waals surface area contributed by atoms with Crippen molar-refractivity contribution in [2.45, 2.75) is 17.2 Å². The second kappa shape index (κ2) is 7.17. The molecule has 0 bridgehead atoms. The first-order chi connectivity index (χ1) is 13.0. The molecule has 1 amide bonds.